The number of benzene rings is 1. The van der Waals surface area contributed by atoms with E-state index in [2.05, 4.69) is 16.3 Å². The number of aromatic nitrogens is 4. The highest BCUT2D eigenvalue weighted by atomic mass is 19.1. The number of carbonyl (C=O) groups is 1. The lowest BCUT2D eigenvalue weighted by molar-refractivity contribution is -0.170. The summed E-state index contributed by atoms with van der Waals surface area (Å²) in [6, 6.07) is 10.5. The van der Waals surface area contributed by atoms with Crippen LogP contribution in [0.2, 0.25) is 0 Å². The van der Waals surface area contributed by atoms with Crippen LogP contribution in [0.5, 0.6) is 0 Å². The van der Waals surface area contributed by atoms with Crippen molar-refractivity contribution in [2.24, 2.45) is 0 Å². The monoisotopic (exact) mass is 475 g/mol. The van der Waals surface area contributed by atoms with E-state index >= 15 is 0 Å². The van der Waals surface area contributed by atoms with Gasteiger partial charge in [-0.3, -0.25) is 5.10 Å². The van der Waals surface area contributed by atoms with Gasteiger partial charge in [-0.05, 0) is 50.1 Å². The van der Waals surface area contributed by atoms with Gasteiger partial charge in [0.15, 0.2) is 11.2 Å². The Labute approximate surface area is 201 Å². The zero-order valence-corrected chi connectivity index (χ0v) is 19.8. The van der Waals surface area contributed by atoms with Crippen LogP contribution < -0.4 is 0 Å². The second kappa shape index (κ2) is 8.17. The van der Waals surface area contributed by atoms with E-state index in [1.807, 2.05) is 24.5 Å². The van der Waals surface area contributed by atoms with Crippen LogP contribution in [0.4, 0.5) is 4.39 Å². The number of pyridine rings is 1. The fourth-order valence-electron chi connectivity index (χ4n) is 5.07. The molecule has 1 aliphatic heterocycles. The Balaban J connectivity index is 1.82. The lowest BCUT2D eigenvalue weighted by atomic mass is 9.78. The second-order valence-corrected chi connectivity index (χ2v) is 10.0. The summed E-state index contributed by atoms with van der Waals surface area (Å²) < 4.78 is 21.8. The highest BCUT2D eigenvalue weighted by molar-refractivity contribution is 5.94. The number of halogens is 1. The number of carboxylic acid groups (broad SMARTS) is 1. The number of aromatic amines is 1. The lowest BCUT2D eigenvalue weighted by Crippen LogP contribution is -2.43. The summed E-state index contributed by atoms with van der Waals surface area (Å²) >= 11 is 0. The fraction of sp³-hybridized carbons (Fsp3) is 0.385. The van der Waals surface area contributed by atoms with Crippen LogP contribution in [-0.4, -0.2) is 43.0 Å². The summed E-state index contributed by atoms with van der Waals surface area (Å²) in [6.45, 7) is 5.82. The number of nitrogens with zero attached hydrogens (tertiary/aromatic N) is 4. The van der Waals surface area contributed by atoms with Gasteiger partial charge in [-0.2, -0.15) is 10.4 Å². The number of H-pyrrole nitrogens is 1. The summed E-state index contributed by atoms with van der Waals surface area (Å²) in [5.74, 6) is -1.45. The van der Waals surface area contributed by atoms with E-state index in [4.69, 9.17) is 9.72 Å². The first-order valence-corrected chi connectivity index (χ1v) is 11.5. The van der Waals surface area contributed by atoms with Crippen LogP contribution >= 0.6 is 0 Å². The molecular formula is C26H26FN5O3. The quantitative estimate of drug-likeness (QED) is 0.421. The number of aliphatic carboxylic acids is 1. The Bertz CT molecular complexity index is 1470. The van der Waals surface area contributed by atoms with Crippen LogP contribution in [0.3, 0.4) is 0 Å². The van der Waals surface area contributed by atoms with E-state index in [-0.39, 0.29) is 24.8 Å². The minimum Gasteiger partial charge on any atom is -0.479 e. The van der Waals surface area contributed by atoms with E-state index in [0.29, 0.717) is 18.5 Å². The lowest BCUT2D eigenvalue weighted by Gasteiger charge is -2.36. The van der Waals surface area contributed by atoms with Crippen LogP contribution in [0.15, 0.2) is 36.5 Å². The van der Waals surface area contributed by atoms with Crippen molar-refractivity contribution in [3.63, 3.8) is 0 Å². The first-order chi connectivity index (χ1) is 16.6. The summed E-state index contributed by atoms with van der Waals surface area (Å²) in [4.78, 5) is 16.7. The van der Waals surface area contributed by atoms with Crippen molar-refractivity contribution in [1.29, 1.82) is 5.26 Å². The predicted octanol–water partition coefficient (Wildman–Crippen LogP) is 4.97. The van der Waals surface area contributed by atoms with Crippen LogP contribution in [0, 0.1) is 17.1 Å². The molecule has 1 aromatic carbocycles. The van der Waals surface area contributed by atoms with Crippen molar-refractivity contribution in [3.8, 4) is 11.8 Å². The molecule has 9 heteroatoms. The molecule has 0 radical (unpaired) electrons. The van der Waals surface area contributed by atoms with E-state index in [0.717, 1.165) is 33.4 Å². The van der Waals surface area contributed by atoms with Crippen LogP contribution in [-0.2, 0) is 14.9 Å². The molecule has 180 valence electrons. The summed E-state index contributed by atoms with van der Waals surface area (Å²) in [7, 11) is 0. The standard InChI is InChI=1S/C26H26FN5O3/c1-25(2,10-11-28)22-20(15-8-9-26(3,24(33)34)35-14-15)21-19(12-16-13-29-31-23(16)30-21)32(22)18-6-4-17(27)5-7-18/h4-7,12-13,15H,8-10,14H2,1-3H3,(H,33,34)(H,29,30,31)/t15-,26+/m1/s1. The molecule has 5 rings (SSSR count). The van der Waals surface area contributed by atoms with Crippen molar-refractivity contribution in [2.75, 3.05) is 6.61 Å². The van der Waals surface area contributed by atoms with Gasteiger partial charge in [0.1, 0.15) is 5.82 Å². The summed E-state index contributed by atoms with van der Waals surface area (Å²) in [5.41, 5.74) is 2.92. The Morgan fingerprint density at radius 1 is 1.40 bits per heavy atom. The minimum absolute atomic E-state index is 0.132. The Kier molecular flexibility index (Phi) is 5.37. The number of carboxylic acids is 1. The highest BCUT2D eigenvalue weighted by Gasteiger charge is 2.42. The van der Waals surface area contributed by atoms with E-state index in [1.54, 1.807) is 25.3 Å². The Morgan fingerprint density at radius 3 is 2.77 bits per heavy atom. The van der Waals surface area contributed by atoms with Crippen molar-refractivity contribution in [2.45, 2.75) is 57.0 Å². The maximum absolute atomic E-state index is 13.8. The Morgan fingerprint density at radius 2 is 2.14 bits per heavy atom. The number of rotatable bonds is 5. The molecule has 0 spiro atoms. The molecule has 4 aromatic rings. The third kappa shape index (κ3) is 3.74. The van der Waals surface area contributed by atoms with E-state index in [1.165, 1.54) is 12.1 Å². The van der Waals surface area contributed by atoms with E-state index < -0.39 is 17.0 Å². The van der Waals surface area contributed by atoms with Gasteiger partial charge in [0, 0.05) is 40.1 Å². The largest absolute Gasteiger partial charge is 0.479 e. The number of hydrogen-bond donors (Lipinski definition) is 2. The third-order valence-electron chi connectivity index (χ3n) is 7.06. The number of ether oxygens (including phenoxy) is 1. The summed E-state index contributed by atoms with van der Waals surface area (Å²) in [5, 5.41) is 27.2. The van der Waals surface area contributed by atoms with Gasteiger partial charge in [0.25, 0.3) is 0 Å². The molecule has 4 heterocycles. The van der Waals surface area contributed by atoms with Gasteiger partial charge in [-0.1, -0.05) is 13.8 Å². The van der Waals surface area contributed by atoms with Gasteiger partial charge in [-0.15, -0.1) is 0 Å². The predicted molar refractivity (Wildman–Crippen MR) is 128 cm³/mol. The zero-order valence-electron chi connectivity index (χ0n) is 19.8. The third-order valence-corrected chi connectivity index (χ3v) is 7.06. The number of hydrogen-bond acceptors (Lipinski definition) is 5. The van der Waals surface area contributed by atoms with Crippen molar-refractivity contribution >= 4 is 28.0 Å². The number of nitriles is 1. The van der Waals surface area contributed by atoms with Gasteiger partial charge in [-0.25, -0.2) is 14.2 Å². The molecule has 0 aliphatic carbocycles. The SMILES string of the molecule is CC(C)(CC#N)c1c([C@@H]2CC[C@@](C)(C(=O)O)OC2)c2nc3[nH]ncc3cc2n1-c1ccc(F)cc1. The molecule has 0 bridgehead atoms. The summed E-state index contributed by atoms with van der Waals surface area (Å²) in [6.07, 6.45) is 2.88. The average molecular weight is 476 g/mol. The second-order valence-electron chi connectivity index (χ2n) is 10.0. The zero-order chi connectivity index (χ0) is 25.0. The first kappa shape index (κ1) is 23.0. The van der Waals surface area contributed by atoms with E-state index in [9.17, 15) is 19.6 Å². The molecule has 0 saturated carbocycles. The molecule has 0 unspecified atom stereocenters. The fourth-order valence-corrected chi connectivity index (χ4v) is 5.07. The minimum atomic E-state index is -1.24. The molecule has 3 aromatic heterocycles. The van der Waals surface area contributed by atoms with Crippen LogP contribution in [0.25, 0.3) is 27.8 Å². The highest BCUT2D eigenvalue weighted by Crippen LogP contribution is 2.45. The van der Waals surface area contributed by atoms with Gasteiger partial charge in [0.2, 0.25) is 0 Å². The smallest absolute Gasteiger partial charge is 0.335 e. The molecule has 2 atom stereocenters. The Hall–Kier alpha value is -3.77. The topological polar surface area (TPSA) is 117 Å². The molecular weight excluding hydrogens is 449 g/mol. The van der Waals surface area contributed by atoms with Crippen molar-refractivity contribution in [3.05, 3.63) is 53.6 Å². The molecule has 1 saturated heterocycles. The van der Waals surface area contributed by atoms with Gasteiger partial charge in [0.05, 0.1) is 29.9 Å². The molecule has 1 aliphatic rings. The molecule has 8 nitrogen and oxygen atoms in total. The average Bonchev–Trinajstić information content (AvgIpc) is 3.41. The molecule has 35 heavy (non-hydrogen) atoms. The number of fused-ring (bicyclic) bond motifs is 2. The van der Waals surface area contributed by atoms with Gasteiger partial charge >= 0.3 is 5.97 Å². The molecule has 2 N–H and O–H groups in total. The maximum Gasteiger partial charge on any atom is 0.335 e. The van der Waals surface area contributed by atoms with Gasteiger partial charge < -0.3 is 14.4 Å². The van der Waals surface area contributed by atoms with Crippen molar-refractivity contribution in [1.82, 2.24) is 19.7 Å². The van der Waals surface area contributed by atoms with Crippen molar-refractivity contribution < 1.29 is 19.0 Å². The molecule has 0 amide bonds. The molecule has 1 fully saturated rings. The first-order valence-electron chi connectivity index (χ1n) is 11.5. The number of nitrogens with one attached hydrogen (secondary N) is 1. The maximum atomic E-state index is 13.8. The normalized spacial score (nSPS) is 20.8. The van der Waals surface area contributed by atoms with Crippen LogP contribution in [0.1, 0.15) is 57.2 Å².